The zero-order valence-electron chi connectivity index (χ0n) is 15.5. The fourth-order valence-corrected chi connectivity index (χ4v) is 2.42. The highest BCUT2D eigenvalue weighted by Crippen LogP contribution is 2.20. The lowest BCUT2D eigenvalue weighted by atomic mass is 10.1. The Morgan fingerprint density at radius 2 is 1.77 bits per heavy atom. The van der Waals surface area contributed by atoms with Crippen molar-refractivity contribution in [1.29, 1.82) is 0 Å². The highest BCUT2D eigenvalue weighted by atomic mass is 16.5. The molecule has 0 unspecified atom stereocenters. The van der Waals surface area contributed by atoms with Crippen molar-refractivity contribution in [3.05, 3.63) is 59.2 Å². The molecule has 0 bridgehead atoms. The average Bonchev–Trinajstić information content (AvgIpc) is 2.63. The number of aryl methyl sites for hydroxylation is 1. The largest absolute Gasteiger partial charge is 0.493 e. The van der Waals surface area contributed by atoms with E-state index in [1.54, 1.807) is 31.2 Å². The molecule has 2 aromatic carbocycles. The fourth-order valence-electron chi connectivity index (χ4n) is 2.42. The summed E-state index contributed by atoms with van der Waals surface area (Å²) in [6, 6.07) is 12.6. The summed E-state index contributed by atoms with van der Waals surface area (Å²) in [5.41, 5.74) is 3.43. The molecule has 0 saturated heterocycles. The van der Waals surface area contributed by atoms with Crippen LogP contribution in [0.5, 0.6) is 5.75 Å². The smallest absolute Gasteiger partial charge is 0.338 e. The van der Waals surface area contributed by atoms with E-state index >= 15 is 0 Å². The van der Waals surface area contributed by atoms with E-state index in [4.69, 9.17) is 9.47 Å². The van der Waals surface area contributed by atoms with Gasteiger partial charge >= 0.3 is 5.97 Å². The van der Waals surface area contributed by atoms with Gasteiger partial charge in [-0.05, 0) is 68.7 Å². The van der Waals surface area contributed by atoms with Crippen molar-refractivity contribution in [2.45, 2.75) is 33.6 Å². The van der Waals surface area contributed by atoms with Crippen LogP contribution in [-0.4, -0.2) is 25.1 Å². The second-order valence-electron chi connectivity index (χ2n) is 6.00. The molecule has 0 heterocycles. The van der Waals surface area contributed by atoms with Crippen LogP contribution in [0.3, 0.4) is 0 Å². The minimum atomic E-state index is -0.367. The third-order valence-electron chi connectivity index (χ3n) is 4.04. The third-order valence-corrected chi connectivity index (χ3v) is 4.04. The Bertz CT molecular complexity index is 753. The summed E-state index contributed by atoms with van der Waals surface area (Å²) in [5, 5.41) is 2.81. The number of carbonyl (C=O) groups excluding carboxylic acids is 2. The summed E-state index contributed by atoms with van der Waals surface area (Å²) >= 11 is 0. The van der Waals surface area contributed by atoms with Gasteiger partial charge in [-0.25, -0.2) is 4.79 Å². The van der Waals surface area contributed by atoms with E-state index in [0.717, 1.165) is 11.3 Å². The minimum absolute atomic E-state index is 0.0848. The molecule has 0 spiro atoms. The molecule has 138 valence electrons. The van der Waals surface area contributed by atoms with Gasteiger partial charge in [0.05, 0.1) is 18.8 Å². The fraction of sp³-hybridized carbons (Fsp3) is 0.333. The van der Waals surface area contributed by atoms with Gasteiger partial charge < -0.3 is 14.8 Å². The Labute approximate surface area is 154 Å². The second kappa shape index (κ2) is 9.61. The first-order valence-electron chi connectivity index (χ1n) is 8.77. The average molecular weight is 355 g/mol. The molecule has 0 aromatic heterocycles. The molecule has 2 aromatic rings. The number of anilines is 1. The summed E-state index contributed by atoms with van der Waals surface area (Å²) in [7, 11) is 0. The number of benzene rings is 2. The second-order valence-corrected chi connectivity index (χ2v) is 6.00. The molecular formula is C21H25NO4. The number of esters is 1. The Hall–Kier alpha value is -2.82. The maximum atomic E-state index is 12.0. The molecule has 1 N–H and O–H groups in total. The van der Waals surface area contributed by atoms with Crippen molar-refractivity contribution < 1.29 is 19.1 Å². The van der Waals surface area contributed by atoms with E-state index in [9.17, 15) is 9.59 Å². The Kier molecular flexibility index (Phi) is 7.21. The highest BCUT2D eigenvalue weighted by molar-refractivity contribution is 5.93. The number of amides is 1. The summed E-state index contributed by atoms with van der Waals surface area (Å²) in [4.78, 5) is 23.6. The van der Waals surface area contributed by atoms with Gasteiger partial charge in [0.2, 0.25) is 5.91 Å². The van der Waals surface area contributed by atoms with E-state index in [-0.39, 0.29) is 11.9 Å². The first-order valence-corrected chi connectivity index (χ1v) is 8.77. The van der Waals surface area contributed by atoms with Gasteiger partial charge in [0.1, 0.15) is 5.75 Å². The van der Waals surface area contributed by atoms with Crippen molar-refractivity contribution >= 4 is 17.6 Å². The molecular weight excluding hydrogens is 330 g/mol. The number of carbonyl (C=O) groups is 2. The lowest BCUT2D eigenvalue weighted by Gasteiger charge is -2.11. The zero-order valence-corrected chi connectivity index (χ0v) is 15.5. The third kappa shape index (κ3) is 5.62. The number of nitrogens with one attached hydrogen (secondary N) is 1. The topological polar surface area (TPSA) is 64.6 Å². The van der Waals surface area contributed by atoms with Crippen LogP contribution in [0.2, 0.25) is 0 Å². The highest BCUT2D eigenvalue weighted by Gasteiger charge is 2.08. The van der Waals surface area contributed by atoms with E-state index in [2.05, 4.69) is 5.32 Å². The van der Waals surface area contributed by atoms with Crippen LogP contribution in [-0.2, 0) is 9.53 Å². The predicted octanol–water partition coefficient (Wildman–Crippen LogP) is 4.28. The van der Waals surface area contributed by atoms with Crippen LogP contribution in [0.4, 0.5) is 5.69 Å². The van der Waals surface area contributed by atoms with Gasteiger partial charge in [0.25, 0.3) is 0 Å². The van der Waals surface area contributed by atoms with Crippen molar-refractivity contribution in [3.8, 4) is 5.75 Å². The summed E-state index contributed by atoms with van der Waals surface area (Å²) < 4.78 is 10.7. The molecule has 0 aliphatic heterocycles. The molecule has 0 saturated carbocycles. The van der Waals surface area contributed by atoms with Crippen LogP contribution in [0.15, 0.2) is 42.5 Å². The summed E-state index contributed by atoms with van der Waals surface area (Å²) in [6.07, 6.45) is 0.991. The molecule has 0 atom stereocenters. The van der Waals surface area contributed by atoms with Crippen molar-refractivity contribution in [3.63, 3.8) is 0 Å². The van der Waals surface area contributed by atoms with Crippen molar-refractivity contribution in [2.75, 3.05) is 18.5 Å². The first kappa shape index (κ1) is 19.5. The van der Waals surface area contributed by atoms with Crippen molar-refractivity contribution in [2.24, 2.45) is 0 Å². The molecule has 0 fully saturated rings. The van der Waals surface area contributed by atoms with Gasteiger partial charge in [0.15, 0.2) is 0 Å². The van der Waals surface area contributed by atoms with E-state index in [0.29, 0.717) is 37.3 Å². The van der Waals surface area contributed by atoms with Crippen molar-refractivity contribution in [1.82, 2.24) is 0 Å². The molecule has 0 aliphatic carbocycles. The number of ether oxygens (including phenoxy) is 2. The van der Waals surface area contributed by atoms with E-state index < -0.39 is 0 Å². The van der Waals surface area contributed by atoms with E-state index in [1.807, 2.05) is 32.0 Å². The number of hydrogen-bond donors (Lipinski definition) is 1. The monoisotopic (exact) mass is 355 g/mol. The first-order chi connectivity index (χ1) is 12.5. The Morgan fingerprint density at radius 1 is 1.04 bits per heavy atom. The van der Waals surface area contributed by atoms with Gasteiger partial charge in [-0.1, -0.05) is 12.1 Å². The van der Waals surface area contributed by atoms with Crippen LogP contribution in [0.25, 0.3) is 0 Å². The van der Waals surface area contributed by atoms with Crippen LogP contribution < -0.4 is 10.1 Å². The summed E-state index contributed by atoms with van der Waals surface area (Å²) in [6.45, 7) is 6.65. The van der Waals surface area contributed by atoms with Crippen LogP contribution in [0.1, 0.15) is 41.3 Å². The van der Waals surface area contributed by atoms with Gasteiger partial charge in [-0.3, -0.25) is 4.79 Å². The quantitative estimate of drug-likeness (QED) is 0.567. The molecule has 26 heavy (non-hydrogen) atoms. The van der Waals surface area contributed by atoms with Gasteiger partial charge in [-0.2, -0.15) is 0 Å². The van der Waals surface area contributed by atoms with Crippen LogP contribution >= 0.6 is 0 Å². The Balaban J connectivity index is 1.75. The predicted molar refractivity (Wildman–Crippen MR) is 102 cm³/mol. The molecule has 1 amide bonds. The maximum absolute atomic E-state index is 12.0. The lowest BCUT2D eigenvalue weighted by Crippen LogP contribution is -2.13. The van der Waals surface area contributed by atoms with Crippen LogP contribution in [0, 0.1) is 13.8 Å². The molecule has 5 nitrogen and oxygen atoms in total. The molecule has 0 radical (unpaired) electrons. The zero-order chi connectivity index (χ0) is 18.9. The number of rotatable bonds is 8. The molecule has 5 heteroatoms. The minimum Gasteiger partial charge on any atom is -0.493 e. The molecule has 0 aliphatic rings. The lowest BCUT2D eigenvalue weighted by molar-refractivity contribution is -0.116. The number of hydrogen-bond acceptors (Lipinski definition) is 4. The normalized spacial score (nSPS) is 10.3. The Morgan fingerprint density at radius 3 is 2.46 bits per heavy atom. The summed E-state index contributed by atoms with van der Waals surface area (Å²) in [5.74, 6) is 0.410. The van der Waals surface area contributed by atoms with Gasteiger partial charge in [-0.15, -0.1) is 0 Å². The molecule has 2 rings (SSSR count). The SMILES string of the molecule is CCOC(=O)c1ccc(NC(=O)CCCOc2cccc(C)c2C)cc1. The standard InChI is InChI=1S/C21H25NO4/c1-4-25-21(24)17-10-12-18(13-11-17)22-20(23)9-6-14-26-19-8-5-7-15(2)16(19)3/h5,7-8,10-13H,4,6,9,14H2,1-3H3,(H,22,23). The van der Waals surface area contributed by atoms with E-state index in [1.165, 1.54) is 5.56 Å². The maximum Gasteiger partial charge on any atom is 0.338 e. The van der Waals surface area contributed by atoms with Gasteiger partial charge in [0, 0.05) is 12.1 Å².